The van der Waals surface area contributed by atoms with E-state index in [0.717, 1.165) is 185 Å². The molecule has 1 aliphatic rings. The second kappa shape index (κ2) is 30.4. The summed E-state index contributed by atoms with van der Waals surface area (Å²) in [7, 11) is 0. The Morgan fingerprint density at radius 2 is 0.462 bits per heavy atom. The van der Waals surface area contributed by atoms with Gasteiger partial charge >= 0.3 is 0 Å². The van der Waals surface area contributed by atoms with E-state index in [9.17, 15) is 0 Å². The molecule has 15 aromatic rings. The van der Waals surface area contributed by atoms with Crippen molar-refractivity contribution in [3.8, 4) is 0 Å². The molecule has 0 atom stereocenters. The minimum absolute atomic E-state index is 0.127. The number of fused-ring (bicyclic) bond motifs is 7. The van der Waals surface area contributed by atoms with E-state index in [4.69, 9.17) is 6.58 Å². The minimum Gasteiger partial charge on any atom is -0.308 e. The van der Waals surface area contributed by atoms with Crippen molar-refractivity contribution in [2.45, 2.75) is 278 Å². The summed E-state index contributed by atoms with van der Waals surface area (Å²) < 4.78 is 4.84. The first-order valence-corrected chi connectivity index (χ1v) is 41.9. The molecule has 2 amide bonds. The molecule has 16 rings (SSSR count). The van der Waals surface area contributed by atoms with Crippen molar-refractivity contribution in [2.24, 2.45) is 0 Å². The Morgan fingerprint density at radius 1 is 0.217 bits per heavy atom. The van der Waals surface area contributed by atoms with Crippen LogP contribution in [-0.2, 0) is 19.6 Å². The lowest BCUT2D eigenvalue weighted by Gasteiger charge is -2.30. The first kappa shape index (κ1) is 71.4. The van der Waals surface area contributed by atoms with Crippen molar-refractivity contribution in [2.75, 3.05) is 6.54 Å². The third kappa shape index (κ3) is 11.8. The smallest absolute Gasteiger partial charge is 0.261 e. The highest BCUT2D eigenvalue weighted by molar-refractivity contribution is 6.56. The lowest BCUT2D eigenvalue weighted by molar-refractivity contribution is 0.0607. The Morgan fingerprint density at radius 3 is 0.840 bits per heavy atom. The Balaban J connectivity index is 0.986. The highest BCUT2D eigenvalue weighted by atomic mass is 16.2. The highest BCUT2D eigenvalue weighted by Gasteiger charge is 2.38. The molecule has 12 aromatic carbocycles. The van der Waals surface area contributed by atoms with Crippen molar-refractivity contribution in [3.05, 3.63) is 141 Å². The second-order valence-electron chi connectivity index (χ2n) is 32.3. The molecule has 0 unspecified atom stereocenters. The summed E-state index contributed by atoms with van der Waals surface area (Å²) in [5.74, 6) is -0.646. The molecule has 0 spiro atoms. The molecule has 0 radical (unpaired) electrons. The first-order valence-electron chi connectivity index (χ1n) is 41.9. The molecule has 11 heteroatoms. The van der Waals surface area contributed by atoms with Crippen molar-refractivity contribution in [3.63, 3.8) is 0 Å². The summed E-state index contributed by atoms with van der Waals surface area (Å²) in [6.45, 7) is 15.1. The number of aromatic nitrogens is 3. The molecule has 1 aliphatic heterocycles. The number of carbonyl (C=O) groups is 2. The van der Waals surface area contributed by atoms with Gasteiger partial charge in [-0.2, -0.15) is 0 Å². The molecule has 0 aliphatic carbocycles. The van der Waals surface area contributed by atoms with E-state index in [0.29, 0.717) is 85.4 Å². The quantitative estimate of drug-likeness (QED) is 0.0161. The topological polar surface area (TPSA) is 138 Å². The van der Waals surface area contributed by atoms with Gasteiger partial charge in [-0.3, -0.25) is 47.6 Å². The maximum atomic E-state index is 16.1. The summed E-state index contributed by atoms with van der Waals surface area (Å²) in [6, 6.07) is 24.3. The van der Waals surface area contributed by atoms with E-state index in [1.165, 1.54) is 149 Å². The molecule has 11 nitrogen and oxygen atoms in total. The lowest BCUT2D eigenvalue weighted by atomic mass is 9.75. The zero-order valence-corrected chi connectivity index (χ0v) is 63.6. The predicted octanol–water partition coefficient (Wildman–Crippen LogP) is 23.5. The predicted molar refractivity (Wildman–Crippen MR) is 449 cm³/mol. The van der Waals surface area contributed by atoms with E-state index < -0.39 is 0 Å². The van der Waals surface area contributed by atoms with Crippen molar-refractivity contribution >= 4 is 169 Å². The molecule has 0 N–H and O–H groups in total. The molecule has 0 saturated carbocycles. The van der Waals surface area contributed by atoms with Crippen LogP contribution in [0.2, 0.25) is 0 Å². The average Bonchev–Trinajstić information content (AvgIpc) is 0.652. The minimum atomic E-state index is -0.353. The van der Waals surface area contributed by atoms with Crippen LogP contribution in [0.3, 0.4) is 0 Å². The molecule has 4 heterocycles. The molecule has 0 saturated heterocycles. The van der Waals surface area contributed by atoms with Gasteiger partial charge in [0.25, 0.3) is 39.6 Å². The Hall–Kier alpha value is -8.83. The summed E-state index contributed by atoms with van der Waals surface area (Å²) in [5, 5.41) is 20.9. The molecule has 0 bridgehead atoms. The average molecular weight is 1420 g/mol. The highest BCUT2D eigenvalue weighted by Crippen LogP contribution is 2.57. The maximum Gasteiger partial charge on any atom is 0.261 e. The molecule has 3 aromatic heterocycles. The van der Waals surface area contributed by atoms with Crippen molar-refractivity contribution in [1.82, 2.24) is 18.6 Å². The van der Waals surface area contributed by atoms with Crippen LogP contribution < -0.4 is 33.1 Å². The fraction of sp³-hybridized carbons (Fsp3) is 0.463. The second-order valence-corrected chi connectivity index (χ2v) is 32.3. The standard InChI is InChI=1S/C95H106N4O7/c1-6-10-14-18-22-26-30-34-38-50-96-58(5)59-42-43-60-61-44-47-64-76-72(93(104)97(89(64)100)51-39-35-31-27-23-19-15-11-7-2)55-68-80-70-57-74-78-66(91(102)99(95(74)106)53-41-37-33-29-25-21-17-13-9-4)49-46-63-62-45-48-65-77-73(94(105)98(90(65)101)52-40-36-32-28-24-20-16-12-8-3)56-69(87(83(62)77)88(70)84(63)78)79(80)67-54-71(92(96)103)75(59)81(60)85(67)86(68)82(61)76/h42-49,54-57H,5-41,50-53H2,1-4H3. The van der Waals surface area contributed by atoms with Crippen LogP contribution in [0.15, 0.2) is 96.8 Å². The van der Waals surface area contributed by atoms with E-state index in [2.05, 4.69) is 52.0 Å². The van der Waals surface area contributed by atoms with Crippen LogP contribution in [-0.4, -0.2) is 37.0 Å². The van der Waals surface area contributed by atoms with E-state index in [1.807, 2.05) is 53.1 Å². The zero-order chi connectivity index (χ0) is 73.0. The monoisotopic (exact) mass is 1410 g/mol. The third-order valence-corrected chi connectivity index (χ3v) is 25.4. The molecule has 548 valence electrons. The molecule has 0 fully saturated rings. The van der Waals surface area contributed by atoms with Gasteiger partial charge in [0.05, 0.1) is 0 Å². The van der Waals surface area contributed by atoms with Crippen LogP contribution in [0, 0.1) is 0 Å². The van der Waals surface area contributed by atoms with Gasteiger partial charge in [0, 0.05) is 96.5 Å². The van der Waals surface area contributed by atoms with Gasteiger partial charge in [0.15, 0.2) is 0 Å². The first-order chi connectivity index (χ1) is 51.9. The van der Waals surface area contributed by atoms with Gasteiger partial charge in [0.1, 0.15) is 0 Å². The number of pyridine rings is 3. The number of benzene rings is 12. The third-order valence-electron chi connectivity index (χ3n) is 25.4. The van der Waals surface area contributed by atoms with E-state index in [-0.39, 0.29) is 59.2 Å². The fourth-order valence-electron chi connectivity index (χ4n) is 20.0. The van der Waals surface area contributed by atoms with Crippen LogP contribution in [0.25, 0.3) is 157 Å². The summed E-state index contributed by atoms with van der Waals surface area (Å²) in [6.07, 6.45) is 39.7. The van der Waals surface area contributed by atoms with Crippen molar-refractivity contribution in [1.29, 1.82) is 0 Å². The van der Waals surface area contributed by atoms with E-state index >= 15 is 33.6 Å². The Labute approximate surface area is 619 Å². The van der Waals surface area contributed by atoms with Gasteiger partial charge in [0.2, 0.25) is 0 Å². The lowest BCUT2D eigenvalue weighted by Crippen LogP contribution is -2.41. The fourth-order valence-corrected chi connectivity index (χ4v) is 20.0. The van der Waals surface area contributed by atoms with Gasteiger partial charge in [-0.25, -0.2) is 0 Å². The van der Waals surface area contributed by atoms with Gasteiger partial charge in [-0.15, -0.1) is 0 Å². The van der Waals surface area contributed by atoms with Crippen LogP contribution in [0.4, 0.5) is 0 Å². The zero-order valence-electron chi connectivity index (χ0n) is 63.6. The number of hydrogen-bond acceptors (Lipinski definition) is 7. The van der Waals surface area contributed by atoms with Gasteiger partial charge < -0.3 is 4.57 Å². The molecule has 106 heavy (non-hydrogen) atoms. The molecular formula is C95H106N4O7. The van der Waals surface area contributed by atoms with Crippen LogP contribution >= 0.6 is 0 Å². The van der Waals surface area contributed by atoms with Gasteiger partial charge in [-0.05, 0) is 165 Å². The summed E-state index contributed by atoms with van der Waals surface area (Å²) in [5.41, 5.74) is -0.552. The number of hydrogen-bond donors (Lipinski definition) is 0. The van der Waals surface area contributed by atoms with E-state index in [1.54, 1.807) is 0 Å². The molecular weight excluding hydrogens is 1310 g/mol. The Kier molecular flexibility index (Phi) is 20.5. The Bertz CT molecular complexity index is 6200. The van der Waals surface area contributed by atoms with Crippen LogP contribution in [0.5, 0.6) is 0 Å². The normalized spacial score (nSPS) is 13.3. The largest absolute Gasteiger partial charge is 0.308 e. The maximum absolute atomic E-state index is 16.1. The number of carbonyl (C=O) groups excluding carboxylic acids is 2. The number of rotatable bonds is 40. The summed E-state index contributed by atoms with van der Waals surface area (Å²) in [4.78, 5) is 112. The number of unbranched alkanes of at least 4 members (excludes halogenated alkanes) is 32. The SMILES string of the molecule is C=c1c2ccc3c4ccc5c6c(cc7c8c9cc%10c(=O)n(CCCCCCCCCCC)c(=O)c%11ccc%12c%13ccc%14c(=O)n(CCCCCCCCCCC)c(=O)c%15cc(c8c8cc(c(=O)n1CCCCCCCCCCC)c2c3c8c7c64)c(c%13c%14%15)c9c%12c%11%10)C(=O)N(CCCCCCCCCCC)C5=O. The number of nitrogens with zero attached hydrogens (tertiary/aromatic N) is 4. The number of imide groups is 1. The van der Waals surface area contributed by atoms with Crippen molar-refractivity contribution < 1.29 is 9.59 Å². The number of amides is 2. The summed E-state index contributed by atoms with van der Waals surface area (Å²) >= 11 is 0. The van der Waals surface area contributed by atoms with Gasteiger partial charge in [-0.1, -0.05) is 270 Å². The van der Waals surface area contributed by atoms with Crippen LogP contribution in [0.1, 0.15) is 280 Å².